The lowest BCUT2D eigenvalue weighted by atomic mass is 10.2. The number of amidine groups is 1. The van der Waals surface area contributed by atoms with Crippen LogP contribution in [-0.2, 0) is 6.54 Å². The molecule has 0 aliphatic carbocycles. The van der Waals surface area contributed by atoms with Crippen molar-refractivity contribution in [1.29, 1.82) is 5.41 Å². The van der Waals surface area contributed by atoms with E-state index < -0.39 is 0 Å². The molecule has 0 bridgehead atoms. The summed E-state index contributed by atoms with van der Waals surface area (Å²) in [6.45, 7) is 2.87. The van der Waals surface area contributed by atoms with Crippen LogP contribution in [0.15, 0.2) is 24.3 Å². The molecule has 0 spiro atoms. The van der Waals surface area contributed by atoms with Crippen LogP contribution in [-0.4, -0.2) is 40.3 Å². The Morgan fingerprint density at radius 2 is 1.90 bits per heavy atom. The smallest absolute Gasteiger partial charge is 0.331 e. The molecule has 1 aliphatic heterocycles. The van der Waals surface area contributed by atoms with Crippen molar-refractivity contribution >= 4 is 29.1 Å². The van der Waals surface area contributed by atoms with Crippen molar-refractivity contribution in [1.82, 2.24) is 9.80 Å². The van der Waals surface area contributed by atoms with Gasteiger partial charge in [-0.05, 0) is 24.1 Å². The highest BCUT2D eigenvalue weighted by molar-refractivity contribution is 7.82. The van der Waals surface area contributed by atoms with Crippen molar-refractivity contribution in [3.05, 3.63) is 29.8 Å². The maximum absolute atomic E-state index is 12.2. The summed E-state index contributed by atoms with van der Waals surface area (Å²) in [5.41, 5.74) is 0.952. The van der Waals surface area contributed by atoms with Gasteiger partial charge in [0.1, 0.15) is 5.75 Å². The number of amides is 2. The molecule has 0 saturated carbocycles. The summed E-state index contributed by atoms with van der Waals surface area (Å²) in [5.74, 6) is 0.893. The minimum absolute atomic E-state index is 0.125. The van der Waals surface area contributed by atoms with Crippen LogP contribution < -0.4 is 4.74 Å². The zero-order valence-electron chi connectivity index (χ0n) is 11.5. The lowest BCUT2D eigenvalue weighted by molar-refractivity contribution is 0.204. The van der Waals surface area contributed by atoms with Crippen LogP contribution in [0.2, 0.25) is 0 Å². The van der Waals surface area contributed by atoms with Gasteiger partial charge >= 0.3 is 6.03 Å². The Labute approximate surface area is 123 Å². The Hall–Kier alpha value is -1.95. The van der Waals surface area contributed by atoms with E-state index in [2.05, 4.69) is 0 Å². The third-order valence-electron chi connectivity index (χ3n) is 3.13. The number of carbonyl (C=O) groups excluding carboxylic acids is 1. The molecule has 0 unspecified atom stereocenters. The molecule has 1 saturated heterocycles. The van der Waals surface area contributed by atoms with Gasteiger partial charge in [-0.15, -0.1) is 0 Å². The first-order valence-corrected chi connectivity index (χ1v) is 6.84. The minimum atomic E-state index is -0.210. The Bertz CT molecular complexity index is 542. The van der Waals surface area contributed by atoms with Gasteiger partial charge in [-0.1, -0.05) is 31.3 Å². The molecule has 0 atom stereocenters. The van der Waals surface area contributed by atoms with Gasteiger partial charge in [-0.3, -0.25) is 15.2 Å². The highest BCUT2D eigenvalue weighted by Gasteiger charge is 2.37. The van der Waals surface area contributed by atoms with E-state index in [0.717, 1.165) is 17.7 Å². The molecular weight excluding hydrogens is 274 g/mol. The van der Waals surface area contributed by atoms with Gasteiger partial charge in [0, 0.05) is 6.54 Å². The van der Waals surface area contributed by atoms with E-state index in [-0.39, 0.29) is 11.9 Å². The van der Waals surface area contributed by atoms with Crippen LogP contribution in [0.4, 0.5) is 4.79 Å². The Kier molecular flexibility index (Phi) is 4.34. The van der Waals surface area contributed by atoms with Crippen LogP contribution in [0.1, 0.15) is 18.9 Å². The third kappa shape index (κ3) is 2.65. The number of benzene rings is 1. The normalized spacial score (nSPS) is 15.2. The van der Waals surface area contributed by atoms with E-state index in [1.807, 2.05) is 31.2 Å². The van der Waals surface area contributed by atoms with E-state index in [4.69, 9.17) is 22.4 Å². The summed E-state index contributed by atoms with van der Waals surface area (Å²) in [7, 11) is 1.61. The van der Waals surface area contributed by atoms with Crippen LogP contribution in [0.5, 0.6) is 5.75 Å². The van der Waals surface area contributed by atoms with Crippen molar-refractivity contribution in [2.45, 2.75) is 19.9 Å². The molecule has 106 valence electrons. The third-order valence-corrected chi connectivity index (χ3v) is 3.54. The molecule has 1 fully saturated rings. The number of hydrogen-bond acceptors (Lipinski definition) is 4. The van der Waals surface area contributed by atoms with Gasteiger partial charge in [-0.2, -0.15) is 0 Å². The number of urea groups is 1. The molecule has 0 radical (unpaired) electrons. The van der Waals surface area contributed by atoms with Gasteiger partial charge in [0.15, 0.2) is 10.8 Å². The van der Waals surface area contributed by atoms with Gasteiger partial charge in [0.05, 0.1) is 13.7 Å². The van der Waals surface area contributed by atoms with Crippen molar-refractivity contribution in [3.8, 4) is 5.75 Å². The largest absolute Gasteiger partial charge is 0.497 e. The molecule has 5 nitrogen and oxygen atoms in total. The Balaban J connectivity index is 2.14. The highest BCUT2D eigenvalue weighted by Crippen LogP contribution is 2.19. The van der Waals surface area contributed by atoms with Gasteiger partial charge in [-0.25, -0.2) is 4.79 Å². The van der Waals surface area contributed by atoms with E-state index >= 15 is 0 Å². The fourth-order valence-corrected chi connectivity index (χ4v) is 2.31. The van der Waals surface area contributed by atoms with Crippen molar-refractivity contribution in [2.24, 2.45) is 0 Å². The van der Waals surface area contributed by atoms with E-state index in [1.165, 1.54) is 9.80 Å². The van der Waals surface area contributed by atoms with E-state index in [0.29, 0.717) is 18.1 Å². The Morgan fingerprint density at radius 3 is 2.45 bits per heavy atom. The second kappa shape index (κ2) is 6.00. The van der Waals surface area contributed by atoms with Gasteiger partial charge in [0.2, 0.25) is 0 Å². The predicted octanol–water partition coefficient (Wildman–Crippen LogP) is 2.65. The molecule has 1 N–H and O–H groups in total. The van der Waals surface area contributed by atoms with Gasteiger partial charge < -0.3 is 4.74 Å². The standard InChI is InChI=1S/C14H17N3O2S/c1-3-8-16-12(15)13(20)17(14(16)18)9-10-4-6-11(19-2)7-5-10/h4-7,15H,3,8-9H2,1-2H3. The van der Waals surface area contributed by atoms with Crippen molar-refractivity contribution < 1.29 is 9.53 Å². The lowest BCUT2D eigenvalue weighted by Gasteiger charge is -2.16. The molecule has 6 heteroatoms. The van der Waals surface area contributed by atoms with E-state index in [1.54, 1.807) is 7.11 Å². The number of ether oxygens (including phenoxy) is 1. The number of carbonyl (C=O) groups is 1. The summed E-state index contributed by atoms with van der Waals surface area (Å²) < 4.78 is 5.10. The van der Waals surface area contributed by atoms with Gasteiger partial charge in [0.25, 0.3) is 0 Å². The molecular formula is C14H17N3O2S. The monoisotopic (exact) mass is 291 g/mol. The molecule has 1 aromatic rings. The predicted molar refractivity (Wildman–Crippen MR) is 81.3 cm³/mol. The van der Waals surface area contributed by atoms with Crippen LogP contribution >= 0.6 is 12.2 Å². The topological polar surface area (TPSA) is 56.6 Å². The SMILES string of the molecule is CCCN1C(=N)C(=S)N(Cc2ccc(OC)cc2)C1=O. The molecule has 2 rings (SSSR count). The molecule has 20 heavy (non-hydrogen) atoms. The summed E-state index contributed by atoms with van der Waals surface area (Å²) in [4.78, 5) is 15.4. The molecule has 0 aromatic heterocycles. The van der Waals surface area contributed by atoms with Crippen LogP contribution in [0, 0.1) is 5.41 Å². The number of nitrogens with one attached hydrogen (secondary N) is 1. The quantitative estimate of drug-likeness (QED) is 0.849. The zero-order valence-corrected chi connectivity index (χ0v) is 12.4. The first-order valence-electron chi connectivity index (χ1n) is 6.43. The van der Waals surface area contributed by atoms with Crippen LogP contribution in [0.3, 0.4) is 0 Å². The van der Waals surface area contributed by atoms with Crippen molar-refractivity contribution in [3.63, 3.8) is 0 Å². The minimum Gasteiger partial charge on any atom is -0.497 e. The molecule has 1 aromatic carbocycles. The number of hydrogen-bond donors (Lipinski definition) is 1. The molecule has 1 heterocycles. The maximum atomic E-state index is 12.2. The highest BCUT2D eigenvalue weighted by atomic mass is 32.1. The molecule has 2 amide bonds. The fraction of sp³-hybridized carbons (Fsp3) is 0.357. The fourth-order valence-electron chi connectivity index (χ4n) is 2.06. The summed E-state index contributed by atoms with van der Waals surface area (Å²) in [6, 6.07) is 7.25. The number of rotatable bonds is 5. The number of thiocarbonyl (C=S) groups is 1. The first-order chi connectivity index (χ1) is 9.58. The first kappa shape index (κ1) is 14.5. The zero-order chi connectivity index (χ0) is 14.7. The number of nitrogens with zero attached hydrogens (tertiary/aromatic N) is 2. The maximum Gasteiger partial charge on any atom is 0.331 e. The second-order valence-electron chi connectivity index (χ2n) is 4.52. The molecule has 1 aliphatic rings. The average molecular weight is 291 g/mol. The summed E-state index contributed by atoms with van der Waals surface area (Å²) in [5, 5.41) is 7.91. The second-order valence-corrected chi connectivity index (χ2v) is 4.91. The van der Waals surface area contributed by atoms with E-state index in [9.17, 15) is 4.79 Å². The lowest BCUT2D eigenvalue weighted by Crippen LogP contribution is -2.33. The average Bonchev–Trinajstić information content (AvgIpc) is 2.66. The number of methoxy groups -OCH3 is 1. The van der Waals surface area contributed by atoms with Crippen LogP contribution in [0.25, 0.3) is 0 Å². The van der Waals surface area contributed by atoms with Crippen molar-refractivity contribution in [2.75, 3.05) is 13.7 Å². The Morgan fingerprint density at radius 1 is 1.25 bits per heavy atom. The summed E-state index contributed by atoms with van der Waals surface area (Å²) >= 11 is 5.19. The summed E-state index contributed by atoms with van der Waals surface area (Å²) in [6.07, 6.45) is 0.799.